The highest BCUT2D eigenvalue weighted by Gasteiger charge is 2.30. The lowest BCUT2D eigenvalue weighted by atomic mass is 10.5. The van der Waals surface area contributed by atoms with E-state index in [0.29, 0.717) is 24.6 Å². The first-order valence-corrected chi connectivity index (χ1v) is 8.74. The number of rotatable bonds is 6. The van der Waals surface area contributed by atoms with Gasteiger partial charge in [0.1, 0.15) is 0 Å². The van der Waals surface area contributed by atoms with Crippen LogP contribution in [0.5, 0.6) is 0 Å². The lowest BCUT2D eigenvalue weighted by Crippen LogP contribution is -2.32. The molecule has 0 radical (unpaired) electrons. The van der Waals surface area contributed by atoms with Crippen molar-refractivity contribution in [3.8, 4) is 0 Å². The van der Waals surface area contributed by atoms with E-state index in [1.54, 1.807) is 0 Å². The Morgan fingerprint density at radius 2 is 1.26 bits per heavy atom. The van der Waals surface area contributed by atoms with Gasteiger partial charge in [-0.15, -0.1) is 0 Å². The van der Waals surface area contributed by atoms with E-state index < -0.39 is 0 Å². The highest BCUT2D eigenvalue weighted by molar-refractivity contribution is 8.15. The van der Waals surface area contributed by atoms with Gasteiger partial charge in [-0.1, -0.05) is 23.5 Å². The van der Waals surface area contributed by atoms with Crippen LogP contribution in [-0.2, 0) is 9.59 Å². The molecule has 2 aliphatic rings. The third kappa shape index (κ3) is 3.67. The summed E-state index contributed by atoms with van der Waals surface area (Å²) >= 11 is 3.58. The summed E-state index contributed by atoms with van der Waals surface area (Å²) in [6.45, 7) is 0.790. The van der Waals surface area contributed by atoms with Crippen molar-refractivity contribution < 1.29 is 19.2 Å². The fourth-order valence-electron chi connectivity index (χ4n) is 1.61. The van der Waals surface area contributed by atoms with Crippen molar-refractivity contribution in [2.24, 2.45) is 0 Å². The van der Waals surface area contributed by atoms with E-state index in [2.05, 4.69) is 0 Å². The molecule has 4 amide bonds. The van der Waals surface area contributed by atoms with E-state index in [1.807, 2.05) is 0 Å². The average Bonchev–Trinajstić information content (AvgIpc) is 2.86. The SMILES string of the molecule is O=C1CSC(=O)N1CCSCCN1C(=O)CSC1=O. The lowest BCUT2D eigenvalue weighted by Gasteiger charge is -2.14. The summed E-state index contributed by atoms with van der Waals surface area (Å²) in [4.78, 5) is 47.7. The molecule has 0 bridgehead atoms. The van der Waals surface area contributed by atoms with Crippen molar-refractivity contribution in [2.75, 3.05) is 36.1 Å². The molecule has 2 saturated heterocycles. The van der Waals surface area contributed by atoms with Crippen LogP contribution >= 0.6 is 35.3 Å². The molecule has 2 fully saturated rings. The molecule has 2 aliphatic heterocycles. The summed E-state index contributed by atoms with van der Waals surface area (Å²) in [6.07, 6.45) is 0. The van der Waals surface area contributed by atoms with Crippen molar-refractivity contribution >= 4 is 57.6 Å². The monoisotopic (exact) mass is 320 g/mol. The molecule has 2 heterocycles. The van der Waals surface area contributed by atoms with Crippen molar-refractivity contribution in [1.29, 1.82) is 0 Å². The number of amides is 4. The fourth-order valence-corrected chi connectivity index (χ4v) is 3.94. The molecular weight excluding hydrogens is 308 g/mol. The molecule has 0 aliphatic carbocycles. The van der Waals surface area contributed by atoms with Gasteiger partial charge < -0.3 is 0 Å². The molecule has 0 spiro atoms. The van der Waals surface area contributed by atoms with Crippen LogP contribution < -0.4 is 0 Å². The minimum Gasteiger partial charge on any atom is -0.273 e. The summed E-state index contributed by atoms with van der Waals surface area (Å²) in [7, 11) is 0. The summed E-state index contributed by atoms with van der Waals surface area (Å²) in [5, 5.41) is -0.376. The normalized spacial score (nSPS) is 20.0. The highest BCUT2D eigenvalue weighted by Crippen LogP contribution is 2.20. The van der Waals surface area contributed by atoms with Crippen LogP contribution in [0.3, 0.4) is 0 Å². The van der Waals surface area contributed by atoms with Gasteiger partial charge in [0, 0.05) is 24.6 Å². The maximum atomic E-state index is 11.3. The number of hydrogen-bond acceptors (Lipinski definition) is 7. The Morgan fingerprint density at radius 1 is 0.842 bits per heavy atom. The third-order valence-corrected chi connectivity index (χ3v) is 5.26. The quantitative estimate of drug-likeness (QED) is 0.679. The number of thioether (sulfide) groups is 3. The smallest absolute Gasteiger partial charge is 0.273 e. The molecular formula is C10H12N2O4S3. The van der Waals surface area contributed by atoms with Gasteiger partial charge in [0.15, 0.2) is 0 Å². The molecule has 6 nitrogen and oxygen atoms in total. The Kier molecular flexibility index (Phi) is 5.17. The molecule has 0 saturated carbocycles. The molecule has 19 heavy (non-hydrogen) atoms. The van der Waals surface area contributed by atoms with Crippen LogP contribution in [0.2, 0.25) is 0 Å². The van der Waals surface area contributed by atoms with Crippen LogP contribution in [0.25, 0.3) is 0 Å². The topological polar surface area (TPSA) is 74.8 Å². The maximum Gasteiger partial charge on any atom is 0.288 e. The van der Waals surface area contributed by atoms with E-state index in [1.165, 1.54) is 21.6 Å². The van der Waals surface area contributed by atoms with Crippen molar-refractivity contribution in [3.05, 3.63) is 0 Å². The number of carbonyl (C=O) groups excluding carboxylic acids is 4. The summed E-state index contributed by atoms with van der Waals surface area (Å²) < 4.78 is 0. The van der Waals surface area contributed by atoms with Gasteiger partial charge in [-0.2, -0.15) is 11.8 Å². The largest absolute Gasteiger partial charge is 0.288 e. The van der Waals surface area contributed by atoms with Crippen molar-refractivity contribution in [1.82, 2.24) is 9.80 Å². The molecule has 0 aromatic rings. The molecule has 9 heteroatoms. The Bertz CT molecular complexity index is 359. The predicted molar refractivity (Wildman–Crippen MR) is 76.5 cm³/mol. The van der Waals surface area contributed by atoms with Gasteiger partial charge in [-0.05, 0) is 0 Å². The lowest BCUT2D eigenvalue weighted by molar-refractivity contribution is -0.125. The fraction of sp³-hybridized carbons (Fsp3) is 0.600. The van der Waals surface area contributed by atoms with Gasteiger partial charge in [-0.3, -0.25) is 29.0 Å². The Hall–Kier alpha value is -0.670. The first kappa shape index (κ1) is 14.7. The second kappa shape index (κ2) is 6.67. The van der Waals surface area contributed by atoms with Gasteiger partial charge in [0.25, 0.3) is 10.5 Å². The van der Waals surface area contributed by atoms with Crippen LogP contribution in [0, 0.1) is 0 Å². The molecule has 0 aromatic heterocycles. The number of nitrogens with zero attached hydrogens (tertiary/aromatic N) is 2. The average molecular weight is 320 g/mol. The summed E-state index contributed by atoms with van der Waals surface area (Å²) in [5.41, 5.74) is 0. The van der Waals surface area contributed by atoms with E-state index in [0.717, 1.165) is 23.5 Å². The predicted octanol–water partition coefficient (Wildman–Crippen LogP) is 1.11. The zero-order valence-corrected chi connectivity index (χ0v) is 12.4. The van der Waals surface area contributed by atoms with E-state index in [-0.39, 0.29) is 33.8 Å². The van der Waals surface area contributed by atoms with E-state index in [9.17, 15) is 19.2 Å². The Balaban J connectivity index is 1.62. The molecule has 0 N–H and O–H groups in total. The van der Waals surface area contributed by atoms with Gasteiger partial charge in [0.05, 0.1) is 11.5 Å². The molecule has 0 aromatic carbocycles. The minimum absolute atomic E-state index is 0.142. The van der Waals surface area contributed by atoms with Crippen LogP contribution in [-0.4, -0.2) is 68.2 Å². The maximum absolute atomic E-state index is 11.3. The molecule has 104 valence electrons. The molecule has 0 atom stereocenters. The van der Waals surface area contributed by atoms with E-state index >= 15 is 0 Å². The van der Waals surface area contributed by atoms with Crippen LogP contribution in [0.4, 0.5) is 9.59 Å². The first-order valence-electron chi connectivity index (χ1n) is 5.61. The number of carbonyl (C=O) groups is 4. The second-order valence-corrected chi connectivity index (χ2v) is 6.89. The molecule has 2 rings (SSSR count). The van der Waals surface area contributed by atoms with Gasteiger partial charge >= 0.3 is 0 Å². The van der Waals surface area contributed by atoms with Gasteiger partial charge in [-0.25, -0.2) is 0 Å². The van der Waals surface area contributed by atoms with Crippen LogP contribution in [0.15, 0.2) is 0 Å². The minimum atomic E-state index is -0.188. The third-order valence-electron chi connectivity index (χ3n) is 2.60. The second-order valence-electron chi connectivity index (χ2n) is 3.81. The Morgan fingerprint density at radius 3 is 1.58 bits per heavy atom. The zero-order valence-electron chi connectivity index (χ0n) is 9.99. The standard InChI is InChI=1S/C10H12N2O4S3/c13-7-5-18-9(15)11(7)1-3-17-4-2-12-8(14)6-19-10(12)16/h1-6H2. The Labute approximate surface area is 123 Å². The van der Waals surface area contributed by atoms with Crippen molar-refractivity contribution in [3.63, 3.8) is 0 Å². The summed E-state index contributed by atoms with van der Waals surface area (Å²) in [6, 6.07) is 0. The zero-order chi connectivity index (χ0) is 13.8. The van der Waals surface area contributed by atoms with Gasteiger partial charge in [0.2, 0.25) is 11.8 Å². The highest BCUT2D eigenvalue weighted by atomic mass is 32.2. The number of hydrogen-bond donors (Lipinski definition) is 0. The molecule has 0 unspecified atom stereocenters. The first-order chi connectivity index (χ1) is 9.09. The summed E-state index contributed by atoms with van der Waals surface area (Å²) in [5.74, 6) is 1.44. The van der Waals surface area contributed by atoms with Crippen molar-refractivity contribution in [2.45, 2.75) is 0 Å². The van der Waals surface area contributed by atoms with Crippen LogP contribution in [0.1, 0.15) is 0 Å². The van der Waals surface area contributed by atoms with E-state index in [4.69, 9.17) is 0 Å². The number of imide groups is 2.